The highest BCUT2D eigenvalue weighted by Gasteiger charge is 2.20. The van der Waals surface area contributed by atoms with Crippen molar-refractivity contribution in [1.29, 1.82) is 0 Å². The maximum Gasteiger partial charge on any atom is 0.282 e. The molecule has 20 heavy (non-hydrogen) atoms. The van der Waals surface area contributed by atoms with Crippen molar-refractivity contribution in [3.8, 4) is 11.5 Å². The molecule has 5 heteroatoms. The number of hydrogen-bond acceptors (Lipinski definition) is 3. The van der Waals surface area contributed by atoms with Gasteiger partial charge in [-0.25, -0.2) is 0 Å². The topological polar surface area (TPSA) is 64.2 Å². The molecule has 2 rings (SSSR count). The van der Waals surface area contributed by atoms with Gasteiger partial charge in [0.05, 0.1) is 7.05 Å². The Morgan fingerprint density at radius 3 is 2.80 bits per heavy atom. The molecule has 0 bridgehead atoms. The van der Waals surface area contributed by atoms with E-state index in [4.69, 9.17) is 9.47 Å². The average Bonchev–Trinajstić information content (AvgIpc) is 2.48. The minimum absolute atomic E-state index is 0.0387. The standard InChI is InChI=1S/C15H22N2O3/c1-3-4-5-12(16-2)15(18)17-11-6-7-13-14(10-11)20-9-8-19-13/h6-7,10,12,16H,3-5,8-9H2,1-2H3,(H,17,18)/p+1. The normalized spacial score (nSPS) is 14.7. The van der Waals surface area contributed by atoms with E-state index in [0.29, 0.717) is 19.0 Å². The molecule has 0 saturated carbocycles. The minimum Gasteiger partial charge on any atom is -0.486 e. The predicted octanol–water partition coefficient (Wildman–Crippen LogP) is 1.15. The monoisotopic (exact) mass is 279 g/mol. The van der Waals surface area contributed by atoms with Crippen LogP contribution in [0.4, 0.5) is 5.69 Å². The third-order valence-corrected chi connectivity index (χ3v) is 3.42. The van der Waals surface area contributed by atoms with Crippen molar-refractivity contribution in [1.82, 2.24) is 0 Å². The van der Waals surface area contributed by atoms with E-state index >= 15 is 0 Å². The number of ether oxygens (including phenoxy) is 2. The summed E-state index contributed by atoms with van der Waals surface area (Å²) in [6.45, 7) is 3.25. The lowest BCUT2D eigenvalue weighted by Gasteiger charge is -2.19. The molecule has 1 unspecified atom stereocenters. The number of carbonyl (C=O) groups excluding carboxylic acids is 1. The Morgan fingerprint density at radius 2 is 2.10 bits per heavy atom. The van der Waals surface area contributed by atoms with Crippen LogP contribution in [0.1, 0.15) is 26.2 Å². The number of fused-ring (bicyclic) bond motifs is 1. The summed E-state index contributed by atoms with van der Waals surface area (Å²) in [5, 5.41) is 4.91. The van der Waals surface area contributed by atoms with Gasteiger partial charge in [-0.1, -0.05) is 13.3 Å². The molecule has 1 aliphatic heterocycles. The molecule has 3 N–H and O–H groups in total. The molecule has 0 saturated heterocycles. The molecule has 0 aromatic heterocycles. The van der Waals surface area contributed by atoms with E-state index in [1.54, 1.807) is 0 Å². The second kappa shape index (κ2) is 7.14. The number of quaternary nitrogens is 1. The maximum absolute atomic E-state index is 12.2. The van der Waals surface area contributed by atoms with Crippen molar-refractivity contribution in [3.05, 3.63) is 18.2 Å². The first-order valence-corrected chi connectivity index (χ1v) is 7.24. The number of amides is 1. The third kappa shape index (κ3) is 3.63. The van der Waals surface area contributed by atoms with Gasteiger partial charge in [0.15, 0.2) is 17.5 Å². The first-order valence-electron chi connectivity index (χ1n) is 7.24. The smallest absolute Gasteiger partial charge is 0.282 e. The Labute approximate surface area is 119 Å². The molecule has 5 nitrogen and oxygen atoms in total. The second-order valence-electron chi connectivity index (χ2n) is 4.93. The van der Waals surface area contributed by atoms with Crippen LogP contribution >= 0.6 is 0 Å². The molecule has 1 amide bonds. The van der Waals surface area contributed by atoms with Gasteiger partial charge in [0.2, 0.25) is 0 Å². The zero-order valence-electron chi connectivity index (χ0n) is 12.1. The van der Waals surface area contributed by atoms with Crippen LogP contribution in [0.25, 0.3) is 0 Å². The van der Waals surface area contributed by atoms with E-state index in [9.17, 15) is 4.79 Å². The second-order valence-corrected chi connectivity index (χ2v) is 4.93. The number of rotatable bonds is 6. The highest BCUT2D eigenvalue weighted by Crippen LogP contribution is 2.32. The van der Waals surface area contributed by atoms with Crippen LogP contribution in [0.5, 0.6) is 11.5 Å². The van der Waals surface area contributed by atoms with Gasteiger partial charge in [-0.05, 0) is 18.6 Å². The average molecular weight is 279 g/mol. The number of benzene rings is 1. The van der Waals surface area contributed by atoms with E-state index in [1.807, 2.05) is 30.6 Å². The lowest BCUT2D eigenvalue weighted by molar-refractivity contribution is -0.650. The van der Waals surface area contributed by atoms with Crippen LogP contribution < -0.4 is 20.1 Å². The van der Waals surface area contributed by atoms with Crippen molar-refractivity contribution < 1.29 is 19.6 Å². The van der Waals surface area contributed by atoms with Crippen molar-refractivity contribution in [2.75, 3.05) is 25.6 Å². The Hall–Kier alpha value is -1.75. The fourth-order valence-corrected chi connectivity index (χ4v) is 2.23. The molecule has 1 aromatic rings. The van der Waals surface area contributed by atoms with Crippen molar-refractivity contribution in [2.45, 2.75) is 32.2 Å². The number of hydrogen-bond donors (Lipinski definition) is 2. The van der Waals surface area contributed by atoms with E-state index in [1.165, 1.54) is 0 Å². The molecular weight excluding hydrogens is 256 g/mol. The molecule has 110 valence electrons. The van der Waals surface area contributed by atoms with Gasteiger partial charge in [0.25, 0.3) is 5.91 Å². The largest absolute Gasteiger partial charge is 0.486 e. The van der Waals surface area contributed by atoms with E-state index in [2.05, 4.69) is 12.2 Å². The number of likely N-dealkylation sites (N-methyl/N-ethyl adjacent to an activating group) is 1. The van der Waals surface area contributed by atoms with Gasteiger partial charge in [-0.3, -0.25) is 4.79 Å². The Bertz CT molecular complexity index is 462. The molecule has 1 aromatic carbocycles. The van der Waals surface area contributed by atoms with Gasteiger partial charge in [-0.2, -0.15) is 0 Å². The highest BCUT2D eigenvalue weighted by molar-refractivity contribution is 5.94. The van der Waals surface area contributed by atoms with Gasteiger partial charge in [0, 0.05) is 18.2 Å². The molecule has 1 heterocycles. The maximum atomic E-state index is 12.2. The molecule has 0 spiro atoms. The zero-order valence-corrected chi connectivity index (χ0v) is 12.1. The SMILES string of the molecule is CCCCC([NH2+]C)C(=O)Nc1ccc2c(c1)OCCO2. The van der Waals surface area contributed by atoms with Gasteiger partial charge < -0.3 is 20.1 Å². The molecular formula is C15H23N2O3+. The first kappa shape index (κ1) is 14.7. The Balaban J connectivity index is 1.99. The lowest BCUT2D eigenvalue weighted by Crippen LogP contribution is -2.88. The fraction of sp³-hybridized carbons (Fsp3) is 0.533. The summed E-state index contributed by atoms with van der Waals surface area (Å²) in [6, 6.07) is 5.46. The molecule has 0 radical (unpaired) electrons. The van der Waals surface area contributed by atoms with Crippen molar-refractivity contribution in [2.24, 2.45) is 0 Å². The van der Waals surface area contributed by atoms with Gasteiger partial charge in [0.1, 0.15) is 13.2 Å². The quantitative estimate of drug-likeness (QED) is 0.821. The fourth-order valence-electron chi connectivity index (χ4n) is 2.23. The van der Waals surface area contributed by atoms with Crippen LogP contribution in [-0.4, -0.2) is 32.2 Å². The van der Waals surface area contributed by atoms with Crippen LogP contribution in [0, 0.1) is 0 Å². The summed E-state index contributed by atoms with van der Waals surface area (Å²) in [4.78, 5) is 12.2. The summed E-state index contributed by atoms with van der Waals surface area (Å²) in [5.41, 5.74) is 0.752. The molecule has 0 aliphatic carbocycles. The number of unbranched alkanes of at least 4 members (excludes halogenated alkanes) is 1. The molecule has 0 fully saturated rings. The molecule has 1 aliphatic rings. The predicted molar refractivity (Wildman–Crippen MR) is 77.2 cm³/mol. The van der Waals surface area contributed by atoms with E-state index in [0.717, 1.165) is 30.7 Å². The van der Waals surface area contributed by atoms with E-state index in [-0.39, 0.29) is 11.9 Å². The number of carbonyl (C=O) groups is 1. The summed E-state index contributed by atoms with van der Waals surface area (Å²) >= 11 is 0. The summed E-state index contributed by atoms with van der Waals surface area (Å²) in [6.07, 6.45) is 3.05. The Kier molecular flexibility index (Phi) is 5.24. The minimum atomic E-state index is -0.0387. The lowest BCUT2D eigenvalue weighted by atomic mass is 10.1. The van der Waals surface area contributed by atoms with Crippen LogP contribution in [0.2, 0.25) is 0 Å². The number of anilines is 1. The third-order valence-electron chi connectivity index (χ3n) is 3.42. The summed E-state index contributed by atoms with van der Waals surface area (Å²) in [5.74, 6) is 1.47. The van der Waals surface area contributed by atoms with Crippen LogP contribution in [0.3, 0.4) is 0 Å². The Morgan fingerprint density at radius 1 is 1.35 bits per heavy atom. The summed E-state index contributed by atoms with van der Waals surface area (Å²) in [7, 11) is 1.93. The van der Waals surface area contributed by atoms with E-state index < -0.39 is 0 Å². The van der Waals surface area contributed by atoms with Crippen LogP contribution in [-0.2, 0) is 4.79 Å². The number of nitrogens with two attached hydrogens (primary N) is 1. The summed E-state index contributed by atoms with van der Waals surface area (Å²) < 4.78 is 11.0. The van der Waals surface area contributed by atoms with Crippen molar-refractivity contribution >= 4 is 11.6 Å². The van der Waals surface area contributed by atoms with Crippen molar-refractivity contribution in [3.63, 3.8) is 0 Å². The highest BCUT2D eigenvalue weighted by atomic mass is 16.6. The van der Waals surface area contributed by atoms with Gasteiger partial charge in [-0.15, -0.1) is 0 Å². The van der Waals surface area contributed by atoms with Gasteiger partial charge >= 0.3 is 0 Å². The molecule has 1 atom stereocenters. The van der Waals surface area contributed by atoms with Crippen LogP contribution in [0.15, 0.2) is 18.2 Å². The zero-order chi connectivity index (χ0) is 14.4. The number of nitrogens with one attached hydrogen (secondary N) is 1. The first-order chi connectivity index (χ1) is 9.74.